The van der Waals surface area contributed by atoms with Gasteiger partial charge in [0.2, 0.25) is 0 Å². The second-order valence-corrected chi connectivity index (χ2v) is 5.39. The minimum atomic E-state index is -0.350. The lowest BCUT2D eigenvalue weighted by molar-refractivity contribution is 0.104. The summed E-state index contributed by atoms with van der Waals surface area (Å²) in [4.78, 5) is 12.3. The number of rotatable bonds is 5. The smallest absolute Gasteiger partial charge is 0.193 e. The largest absolute Gasteiger partial charge is 0.507 e. The number of aromatic hydroxyl groups is 1. The highest BCUT2D eigenvalue weighted by Gasteiger charge is 2.17. The van der Waals surface area contributed by atoms with Crippen LogP contribution in [-0.2, 0) is 0 Å². The Morgan fingerprint density at radius 2 is 1.95 bits per heavy atom. The van der Waals surface area contributed by atoms with Gasteiger partial charge in [-0.05, 0) is 23.8 Å². The highest BCUT2D eigenvalue weighted by molar-refractivity contribution is 9.10. The molecule has 114 valence electrons. The first kappa shape index (κ1) is 16.1. The second-order valence-electron chi connectivity index (χ2n) is 4.48. The maximum Gasteiger partial charge on any atom is 0.193 e. The molecule has 0 aliphatic carbocycles. The molecule has 5 heteroatoms. The van der Waals surface area contributed by atoms with Gasteiger partial charge in [0.1, 0.15) is 22.8 Å². The Morgan fingerprint density at radius 3 is 2.59 bits per heavy atom. The molecule has 0 heterocycles. The first-order valence-corrected chi connectivity index (χ1v) is 7.27. The summed E-state index contributed by atoms with van der Waals surface area (Å²) < 4.78 is 11.1. The van der Waals surface area contributed by atoms with Crippen molar-refractivity contribution < 1.29 is 19.4 Å². The number of hydrogen-bond acceptors (Lipinski definition) is 4. The minimum Gasteiger partial charge on any atom is -0.507 e. The van der Waals surface area contributed by atoms with Gasteiger partial charge in [-0.15, -0.1) is 0 Å². The zero-order valence-electron chi connectivity index (χ0n) is 12.2. The van der Waals surface area contributed by atoms with E-state index >= 15 is 0 Å². The highest BCUT2D eigenvalue weighted by Crippen LogP contribution is 2.33. The number of allylic oxidation sites excluding steroid dienone is 1. The van der Waals surface area contributed by atoms with Gasteiger partial charge >= 0.3 is 0 Å². The SMILES string of the molecule is COc1cc(O)c(C(=O)C=Cc2cccc(Br)c2)c(OC)c1. The first-order valence-electron chi connectivity index (χ1n) is 6.48. The average molecular weight is 363 g/mol. The molecule has 2 aromatic carbocycles. The summed E-state index contributed by atoms with van der Waals surface area (Å²) in [6, 6.07) is 10.5. The molecule has 0 saturated carbocycles. The lowest BCUT2D eigenvalue weighted by Crippen LogP contribution is -2.00. The molecule has 0 radical (unpaired) electrons. The van der Waals surface area contributed by atoms with Crippen molar-refractivity contribution in [2.45, 2.75) is 0 Å². The molecule has 0 aliphatic heterocycles. The molecule has 0 aliphatic rings. The number of ketones is 1. The van der Waals surface area contributed by atoms with Gasteiger partial charge in [-0.2, -0.15) is 0 Å². The number of hydrogen-bond donors (Lipinski definition) is 1. The summed E-state index contributed by atoms with van der Waals surface area (Å²) in [5, 5.41) is 10.0. The molecule has 0 fully saturated rings. The van der Waals surface area contributed by atoms with E-state index in [0.717, 1.165) is 10.0 Å². The molecule has 0 bridgehead atoms. The first-order chi connectivity index (χ1) is 10.5. The molecule has 0 atom stereocenters. The normalized spacial score (nSPS) is 10.7. The van der Waals surface area contributed by atoms with Crippen LogP contribution in [0.25, 0.3) is 6.08 Å². The Hall–Kier alpha value is -2.27. The third-order valence-corrected chi connectivity index (χ3v) is 3.53. The lowest BCUT2D eigenvalue weighted by Gasteiger charge is -2.10. The van der Waals surface area contributed by atoms with Crippen molar-refractivity contribution in [3.8, 4) is 17.2 Å². The molecule has 4 nitrogen and oxygen atoms in total. The Kier molecular flexibility index (Phi) is 5.22. The maximum atomic E-state index is 12.3. The number of ether oxygens (including phenoxy) is 2. The molecular formula is C17H15BrO4. The van der Waals surface area contributed by atoms with Gasteiger partial charge in [0.15, 0.2) is 5.78 Å². The van der Waals surface area contributed by atoms with Crippen LogP contribution in [0.15, 0.2) is 46.9 Å². The quantitative estimate of drug-likeness (QED) is 0.643. The third-order valence-electron chi connectivity index (χ3n) is 3.03. The van der Waals surface area contributed by atoms with Crippen molar-refractivity contribution in [1.29, 1.82) is 0 Å². The van der Waals surface area contributed by atoms with Crippen molar-refractivity contribution in [1.82, 2.24) is 0 Å². The van der Waals surface area contributed by atoms with E-state index in [1.54, 1.807) is 12.1 Å². The van der Waals surface area contributed by atoms with Crippen LogP contribution in [0.3, 0.4) is 0 Å². The van der Waals surface area contributed by atoms with Gasteiger partial charge in [-0.3, -0.25) is 4.79 Å². The van der Waals surface area contributed by atoms with Gasteiger partial charge in [-0.1, -0.05) is 34.1 Å². The maximum absolute atomic E-state index is 12.3. The fraction of sp³-hybridized carbons (Fsp3) is 0.118. The highest BCUT2D eigenvalue weighted by atomic mass is 79.9. The van der Waals surface area contributed by atoms with Crippen LogP contribution in [0.1, 0.15) is 15.9 Å². The van der Waals surface area contributed by atoms with Crippen molar-refractivity contribution in [3.63, 3.8) is 0 Å². The van der Waals surface area contributed by atoms with Crippen LogP contribution in [0.4, 0.5) is 0 Å². The number of phenols is 1. The molecule has 0 saturated heterocycles. The number of carbonyl (C=O) groups is 1. The van der Waals surface area contributed by atoms with Gasteiger partial charge in [0.25, 0.3) is 0 Å². The number of halogens is 1. The van der Waals surface area contributed by atoms with Crippen molar-refractivity contribution in [2.24, 2.45) is 0 Å². The topological polar surface area (TPSA) is 55.8 Å². The summed E-state index contributed by atoms with van der Waals surface area (Å²) >= 11 is 3.37. The average Bonchev–Trinajstić information content (AvgIpc) is 2.51. The van der Waals surface area contributed by atoms with E-state index in [0.29, 0.717) is 5.75 Å². The van der Waals surface area contributed by atoms with Crippen molar-refractivity contribution >= 4 is 27.8 Å². The molecule has 22 heavy (non-hydrogen) atoms. The molecule has 1 N–H and O–H groups in total. The predicted molar refractivity (Wildman–Crippen MR) is 88.7 cm³/mol. The van der Waals surface area contributed by atoms with Crippen LogP contribution >= 0.6 is 15.9 Å². The Labute approximate surface area is 137 Å². The fourth-order valence-corrected chi connectivity index (χ4v) is 2.39. The zero-order chi connectivity index (χ0) is 16.1. The Bertz CT molecular complexity index is 723. The van der Waals surface area contributed by atoms with Crippen molar-refractivity contribution in [2.75, 3.05) is 14.2 Å². The predicted octanol–water partition coefficient (Wildman–Crippen LogP) is 4.07. The van der Waals surface area contributed by atoms with E-state index in [-0.39, 0.29) is 22.8 Å². The van der Waals surface area contributed by atoms with Gasteiger partial charge in [0, 0.05) is 16.6 Å². The second kappa shape index (κ2) is 7.13. The van der Waals surface area contributed by atoms with Gasteiger partial charge in [-0.25, -0.2) is 0 Å². The molecule has 2 aromatic rings. The van der Waals surface area contributed by atoms with E-state index in [4.69, 9.17) is 9.47 Å². The third kappa shape index (κ3) is 3.68. The molecule has 0 amide bonds. The Morgan fingerprint density at radius 1 is 1.18 bits per heavy atom. The van der Waals surface area contributed by atoms with Gasteiger partial charge in [0.05, 0.1) is 14.2 Å². The van der Waals surface area contributed by atoms with E-state index in [9.17, 15) is 9.90 Å². The molecule has 0 aromatic heterocycles. The summed E-state index contributed by atoms with van der Waals surface area (Å²) in [6.45, 7) is 0. The molecular weight excluding hydrogens is 348 g/mol. The van der Waals surface area contributed by atoms with Crippen LogP contribution in [0.2, 0.25) is 0 Å². The minimum absolute atomic E-state index is 0.106. The summed E-state index contributed by atoms with van der Waals surface area (Å²) in [6.07, 6.45) is 3.07. The summed E-state index contributed by atoms with van der Waals surface area (Å²) in [7, 11) is 2.91. The van der Waals surface area contributed by atoms with E-state index in [1.165, 1.54) is 26.4 Å². The van der Waals surface area contributed by atoms with Crippen LogP contribution in [0.5, 0.6) is 17.2 Å². The number of benzene rings is 2. The zero-order valence-corrected chi connectivity index (χ0v) is 13.8. The van der Waals surface area contributed by atoms with Crippen molar-refractivity contribution in [3.05, 3.63) is 58.1 Å². The fourth-order valence-electron chi connectivity index (χ4n) is 1.97. The molecule has 0 unspecified atom stereocenters. The molecule has 2 rings (SSSR count). The molecule has 0 spiro atoms. The van der Waals surface area contributed by atoms with Crippen LogP contribution in [0, 0.1) is 0 Å². The van der Waals surface area contributed by atoms with E-state index < -0.39 is 0 Å². The lowest BCUT2D eigenvalue weighted by atomic mass is 10.1. The number of phenolic OH excluding ortho intramolecular Hbond substituents is 1. The van der Waals surface area contributed by atoms with Gasteiger partial charge < -0.3 is 14.6 Å². The monoisotopic (exact) mass is 362 g/mol. The summed E-state index contributed by atoms with van der Waals surface area (Å²) in [5.41, 5.74) is 0.976. The number of methoxy groups -OCH3 is 2. The number of carbonyl (C=O) groups excluding carboxylic acids is 1. The van der Waals surface area contributed by atoms with E-state index in [2.05, 4.69) is 15.9 Å². The summed E-state index contributed by atoms with van der Waals surface area (Å²) in [5.74, 6) is 0.152. The van der Waals surface area contributed by atoms with Crippen LogP contribution in [-0.4, -0.2) is 25.1 Å². The Balaban J connectivity index is 2.33. The van der Waals surface area contributed by atoms with Crippen LogP contribution < -0.4 is 9.47 Å². The van der Waals surface area contributed by atoms with E-state index in [1.807, 2.05) is 24.3 Å². The standard InChI is InChI=1S/C17H15BrO4/c1-21-13-9-15(20)17(16(10-13)22-2)14(19)7-6-11-4-3-5-12(18)8-11/h3-10,20H,1-2H3.